The van der Waals surface area contributed by atoms with Crippen molar-refractivity contribution in [1.82, 2.24) is 10.6 Å². The first kappa shape index (κ1) is 37.9. The fraction of sp³-hybridized carbons (Fsp3) is 0.500. The number of thioether (sulfide) groups is 2. The van der Waals surface area contributed by atoms with E-state index in [4.69, 9.17) is 0 Å². The largest absolute Gasteiger partial charge is 0.480 e. The van der Waals surface area contributed by atoms with Gasteiger partial charge in [-0.1, -0.05) is 70.1 Å². The van der Waals surface area contributed by atoms with Crippen LogP contribution in [0.5, 0.6) is 0 Å². The van der Waals surface area contributed by atoms with Gasteiger partial charge in [-0.25, -0.2) is 9.59 Å². The molecule has 0 spiro atoms. The summed E-state index contributed by atoms with van der Waals surface area (Å²) < 4.78 is 0. The SMILES string of the molecule is CSCC[C@H](NC(=O)[C@@H](CSSC[C@@H](Cc1ccccc1C)C(=O)N[C@H](CCSC)C(=O)O)Cc1ccccc1C)C(=O)O. The molecule has 0 radical (unpaired) electrons. The van der Waals surface area contributed by atoms with E-state index in [1.165, 1.54) is 45.1 Å². The maximum Gasteiger partial charge on any atom is 0.326 e. The number of benzene rings is 2. The number of nitrogens with one attached hydrogen (secondary N) is 2. The van der Waals surface area contributed by atoms with Gasteiger partial charge < -0.3 is 20.8 Å². The van der Waals surface area contributed by atoms with Crippen molar-refractivity contribution in [2.75, 3.05) is 35.5 Å². The topological polar surface area (TPSA) is 133 Å². The van der Waals surface area contributed by atoms with Gasteiger partial charge in [0.15, 0.2) is 0 Å². The number of rotatable bonds is 21. The number of carbonyl (C=O) groups is 4. The molecule has 2 rings (SSSR count). The molecule has 8 nitrogen and oxygen atoms in total. The number of amides is 2. The van der Waals surface area contributed by atoms with Crippen molar-refractivity contribution in [2.24, 2.45) is 11.8 Å². The van der Waals surface area contributed by atoms with E-state index in [-0.39, 0.29) is 11.8 Å². The molecule has 0 saturated heterocycles. The molecule has 0 fully saturated rings. The quantitative estimate of drug-likeness (QED) is 0.101. The smallest absolute Gasteiger partial charge is 0.326 e. The Kier molecular flexibility index (Phi) is 17.8. The van der Waals surface area contributed by atoms with Crippen LogP contribution in [0.15, 0.2) is 48.5 Å². The Morgan fingerprint density at radius 3 is 1.34 bits per heavy atom. The first-order valence-electron chi connectivity index (χ1n) is 14.4. The van der Waals surface area contributed by atoms with Crippen LogP contribution in [0.3, 0.4) is 0 Å². The van der Waals surface area contributed by atoms with Crippen molar-refractivity contribution in [3.8, 4) is 0 Å². The number of aliphatic carboxylic acids is 2. The molecule has 2 amide bonds. The number of carboxylic acids is 2. The Bertz CT molecular complexity index is 1140. The molecule has 0 aliphatic rings. The second-order valence-corrected chi connectivity index (χ2v) is 15.1. The minimum atomic E-state index is -1.05. The zero-order chi connectivity index (χ0) is 32.5. The molecule has 242 valence electrons. The third-order valence-corrected chi connectivity index (χ3v) is 11.1. The summed E-state index contributed by atoms with van der Waals surface area (Å²) in [7, 11) is 2.94. The van der Waals surface area contributed by atoms with Crippen molar-refractivity contribution < 1.29 is 29.4 Å². The highest BCUT2D eigenvalue weighted by molar-refractivity contribution is 8.76. The highest BCUT2D eigenvalue weighted by Crippen LogP contribution is 2.30. The third-order valence-electron chi connectivity index (χ3n) is 7.27. The summed E-state index contributed by atoms with van der Waals surface area (Å²) in [5, 5.41) is 24.8. The molecule has 4 N–H and O–H groups in total. The van der Waals surface area contributed by atoms with Gasteiger partial charge in [0.2, 0.25) is 11.8 Å². The van der Waals surface area contributed by atoms with E-state index in [9.17, 15) is 29.4 Å². The van der Waals surface area contributed by atoms with E-state index in [0.717, 1.165) is 22.3 Å². The molecule has 0 aliphatic heterocycles. The van der Waals surface area contributed by atoms with E-state index in [1.807, 2.05) is 74.9 Å². The summed E-state index contributed by atoms with van der Waals surface area (Å²) in [6, 6.07) is 13.8. The van der Waals surface area contributed by atoms with Crippen molar-refractivity contribution >= 4 is 68.9 Å². The fourth-order valence-electron chi connectivity index (χ4n) is 4.49. The fourth-order valence-corrected chi connectivity index (χ4v) is 8.05. The van der Waals surface area contributed by atoms with Gasteiger partial charge in [-0.3, -0.25) is 9.59 Å². The van der Waals surface area contributed by atoms with Gasteiger partial charge in [0.25, 0.3) is 0 Å². The predicted octanol–water partition coefficient (Wildman–Crippen LogP) is 5.35. The number of hydrogen-bond donors (Lipinski definition) is 4. The van der Waals surface area contributed by atoms with Gasteiger partial charge in [0.1, 0.15) is 12.1 Å². The Hall–Kier alpha value is -2.28. The molecule has 0 aromatic heterocycles. The monoisotopic (exact) mass is 680 g/mol. The highest BCUT2D eigenvalue weighted by Gasteiger charge is 2.28. The molecule has 0 saturated carbocycles. The first-order valence-corrected chi connectivity index (χ1v) is 19.7. The van der Waals surface area contributed by atoms with Crippen LogP contribution in [0.2, 0.25) is 0 Å². The summed E-state index contributed by atoms with van der Waals surface area (Å²) in [6.45, 7) is 3.98. The highest BCUT2D eigenvalue weighted by atomic mass is 33.1. The molecule has 2 aromatic carbocycles. The van der Waals surface area contributed by atoms with E-state index in [2.05, 4.69) is 10.6 Å². The first-order chi connectivity index (χ1) is 21.1. The van der Waals surface area contributed by atoms with Crippen molar-refractivity contribution in [3.63, 3.8) is 0 Å². The van der Waals surface area contributed by atoms with Crippen LogP contribution in [0, 0.1) is 25.7 Å². The Morgan fingerprint density at radius 1 is 0.659 bits per heavy atom. The van der Waals surface area contributed by atoms with E-state index in [0.29, 0.717) is 48.7 Å². The van der Waals surface area contributed by atoms with Gasteiger partial charge in [-0.15, -0.1) is 0 Å². The molecule has 2 aromatic rings. The van der Waals surface area contributed by atoms with Crippen molar-refractivity contribution in [3.05, 3.63) is 70.8 Å². The maximum absolute atomic E-state index is 13.4. The average molecular weight is 681 g/mol. The Balaban J connectivity index is 2.16. The molecule has 44 heavy (non-hydrogen) atoms. The number of hydrogen-bond acceptors (Lipinski definition) is 8. The molecule has 0 aliphatic carbocycles. The lowest BCUT2D eigenvalue weighted by Crippen LogP contribution is -2.45. The molecule has 4 atom stereocenters. The van der Waals surface area contributed by atoms with Crippen molar-refractivity contribution in [1.29, 1.82) is 0 Å². The maximum atomic E-state index is 13.4. The van der Waals surface area contributed by atoms with Gasteiger partial charge in [0.05, 0.1) is 11.8 Å². The lowest BCUT2D eigenvalue weighted by atomic mass is 9.96. The molecule has 0 unspecified atom stereocenters. The number of carbonyl (C=O) groups excluding carboxylic acids is 2. The van der Waals surface area contributed by atoms with Gasteiger partial charge in [-0.05, 0) is 85.8 Å². The zero-order valence-corrected chi connectivity index (χ0v) is 29.0. The van der Waals surface area contributed by atoms with Crippen LogP contribution in [0.4, 0.5) is 0 Å². The lowest BCUT2D eigenvalue weighted by Gasteiger charge is -2.22. The van der Waals surface area contributed by atoms with Gasteiger partial charge >= 0.3 is 11.9 Å². The summed E-state index contributed by atoms with van der Waals surface area (Å²) in [5.74, 6) is -1.58. The van der Waals surface area contributed by atoms with Crippen LogP contribution in [0.25, 0.3) is 0 Å². The van der Waals surface area contributed by atoms with E-state index >= 15 is 0 Å². The molecule has 0 bridgehead atoms. The summed E-state index contributed by atoms with van der Waals surface area (Å²) in [6.07, 6.45) is 5.40. The average Bonchev–Trinajstić information content (AvgIpc) is 2.99. The lowest BCUT2D eigenvalue weighted by molar-refractivity contribution is -0.142. The van der Waals surface area contributed by atoms with Crippen LogP contribution in [0.1, 0.15) is 35.1 Å². The Morgan fingerprint density at radius 2 is 1.02 bits per heavy atom. The zero-order valence-electron chi connectivity index (χ0n) is 25.7. The second-order valence-electron chi connectivity index (χ2n) is 10.6. The van der Waals surface area contributed by atoms with Crippen LogP contribution in [-0.4, -0.2) is 81.6 Å². The summed E-state index contributed by atoms with van der Waals surface area (Å²) in [5.41, 5.74) is 4.17. The minimum Gasteiger partial charge on any atom is -0.480 e. The van der Waals surface area contributed by atoms with Crippen LogP contribution < -0.4 is 10.6 Å². The van der Waals surface area contributed by atoms with E-state index < -0.39 is 35.9 Å². The van der Waals surface area contributed by atoms with Crippen molar-refractivity contribution in [2.45, 2.75) is 51.6 Å². The predicted molar refractivity (Wildman–Crippen MR) is 187 cm³/mol. The summed E-state index contributed by atoms with van der Waals surface area (Å²) in [4.78, 5) is 50.4. The molecule has 0 heterocycles. The minimum absolute atomic E-state index is 0.304. The van der Waals surface area contributed by atoms with E-state index in [1.54, 1.807) is 0 Å². The third kappa shape index (κ3) is 13.4. The van der Waals surface area contributed by atoms with Crippen LogP contribution in [-0.2, 0) is 32.0 Å². The molecular weight excluding hydrogens is 637 g/mol. The second kappa shape index (κ2) is 20.7. The standard InChI is InChI=1S/C32H44N2O6S4/c1-21-9-5-7-11-23(21)17-25(29(35)33-27(31(37)38)13-15-41-3)19-43-44-20-26(18-24-12-8-6-10-22(24)2)30(36)34-28(32(39)40)14-16-42-4/h5-12,25-28H,13-20H2,1-4H3,(H,33,35)(H,34,36)(H,37,38)(H,39,40)/t25-,26-,27-,28+/m1/s1. The van der Waals surface area contributed by atoms with Gasteiger partial charge in [-0.2, -0.15) is 23.5 Å². The van der Waals surface area contributed by atoms with Crippen LogP contribution >= 0.6 is 45.1 Å². The Labute approximate surface area is 277 Å². The summed E-state index contributed by atoms with van der Waals surface area (Å²) >= 11 is 3.06. The van der Waals surface area contributed by atoms with Gasteiger partial charge in [0, 0.05) is 11.5 Å². The number of aryl methyl sites for hydroxylation is 2. The number of carboxylic acid groups (broad SMARTS) is 2. The molecule has 12 heteroatoms. The normalized spacial score (nSPS) is 13.8. The molecular formula is C32H44N2O6S4.